The first-order valence-corrected chi connectivity index (χ1v) is 11.4. The lowest BCUT2D eigenvalue weighted by molar-refractivity contribution is -0.189. The average molecular weight is 432 g/mol. The topological polar surface area (TPSA) is 60.9 Å². The largest absolute Gasteiger partial charge is 0.333 e. The highest BCUT2D eigenvalue weighted by Gasteiger charge is 2.72. The summed E-state index contributed by atoms with van der Waals surface area (Å²) in [6.07, 6.45) is 1.11. The Bertz CT molecular complexity index is 979. The molecule has 166 valence electrons. The van der Waals surface area contributed by atoms with Crippen molar-refractivity contribution < 1.29 is 14.4 Å². The van der Waals surface area contributed by atoms with E-state index in [0.29, 0.717) is 39.0 Å². The van der Waals surface area contributed by atoms with Crippen molar-refractivity contribution in [1.82, 2.24) is 14.7 Å². The van der Waals surface area contributed by atoms with Crippen LogP contribution in [0.25, 0.3) is 0 Å². The van der Waals surface area contributed by atoms with Crippen LogP contribution in [-0.2, 0) is 27.5 Å². The number of β-lactam (4-membered cyclic amide) rings is 2. The van der Waals surface area contributed by atoms with Gasteiger partial charge in [0.2, 0.25) is 5.91 Å². The molecule has 6 heteroatoms. The molecule has 0 radical (unpaired) electrons. The number of nitrogens with zero attached hydrogens (tertiary/aromatic N) is 3. The Morgan fingerprint density at radius 1 is 0.781 bits per heavy atom. The summed E-state index contributed by atoms with van der Waals surface area (Å²) in [7, 11) is 0. The van der Waals surface area contributed by atoms with Crippen molar-refractivity contribution in [1.29, 1.82) is 0 Å². The van der Waals surface area contributed by atoms with Crippen LogP contribution in [0.1, 0.15) is 37.8 Å². The molecule has 3 amide bonds. The molecule has 2 aromatic carbocycles. The minimum atomic E-state index is -0.870. The molecular weight excluding hydrogens is 402 g/mol. The normalized spacial score (nSPS) is 26.8. The lowest BCUT2D eigenvalue weighted by Gasteiger charge is -2.58. The standard InChI is InChI=1S/C26H29N3O3/c1-19(2)22(30)29-25(17-27(23(25)31)15-20-9-5-3-6-10-20)13-14-26(29)18-28(24(26)32)16-21-11-7-4-8-12-21/h3-12,19H,13-18H2,1-2H3. The van der Waals surface area contributed by atoms with Crippen molar-refractivity contribution >= 4 is 17.7 Å². The van der Waals surface area contributed by atoms with Crippen LogP contribution in [0.5, 0.6) is 0 Å². The molecule has 2 spiro atoms. The van der Waals surface area contributed by atoms with E-state index in [1.54, 1.807) is 14.7 Å². The molecule has 2 atom stereocenters. The van der Waals surface area contributed by atoms with E-state index in [2.05, 4.69) is 0 Å². The van der Waals surface area contributed by atoms with E-state index in [-0.39, 0.29) is 23.6 Å². The van der Waals surface area contributed by atoms with Crippen LogP contribution in [0.3, 0.4) is 0 Å². The third-order valence-corrected chi connectivity index (χ3v) is 7.23. The number of hydrogen-bond donors (Lipinski definition) is 0. The zero-order valence-electron chi connectivity index (χ0n) is 18.7. The summed E-state index contributed by atoms with van der Waals surface area (Å²) in [4.78, 5) is 45.6. The fourth-order valence-electron chi connectivity index (χ4n) is 5.61. The van der Waals surface area contributed by atoms with Crippen molar-refractivity contribution in [3.05, 3.63) is 71.8 Å². The highest BCUT2D eigenvalue weighted by Crippen LogP contribution is 2.52. The van der Waals surface area contributed by atoms with Crippen LogP contribution in [-0.4, -0.2) is 56.6 Å². The molecule has 3 saturated heterocycles. The van der Waals surface area contributed by atoms with Gasteiger partial charge in [0.1, 0.15) is 11.1 Å². The number of carbonyl (C=O) groups is 3. The van der Waals surface area contributed by atoms with Gasteiger partial charge >= 0.3 is 0 Å². The van der Waals surface area contributed by atoms with E-state index in [4.69, 9.17) is 0 Å². The maximum atomic E-state index is 13.4. The van der Waals surface area contributed by atoms with Gasteiger partial charge in [-0.25, -0.2) is 0 Å². The Hall–Kier alpha value is -3.15. The van der Waals surface area contributed by atoms with E-state index in [1.165, 1.54) is 0 Å². The summed E-state index contributed by atoms with van der Waals surface area (Å²) >= 11 is 0. The summed E-state index contributed by atoms with van der Waals surface area (Å²) < 4.78 is 0. The lowest BCUT2D eigenvalue weighted by atomic mass is 9.83. The van der Waals surface area contributed by atoms with Crippen molar-refractivity contribution in [2.45, 2.75) is 50.9 Å². The first kappa shape index (κ1) is 20.7. The van der Waals surface area contributed by atoms with Gasteiger partial charge in [0.15, 0.2) is 0 Å². The number of amides is 3. The van der Waals surface area contributed by atoms with Crippen molar-refractivity contribution in [2.75, 3.05) is 13.1 Å². The van der Waals surface area contributed by atoms with Gasteiger partial charge in [0.25, 0.3) is 11.8 Å². The van der Waals surface area contributed by atoms with Crippen LogP contribution in [0.2, 0.25) is 0 Å². The molecule has 0 N–H and O–H groups in total. The quantitative estimate of drug-likeness (QED) is 0.684. The van der Waals surface area contributed by atoms with E-state index in [0.717, 1.165) is 11.1 Å². The van der Waals surface area contributed by atoms with Gasteiger partial charge in [-0.15, -0.1) is 0 Å². The number of hydrogen-bond acceptors (Lipinski definition) is 3. The second kappa shape index (κ2) is 7.47. The van der Waals surface area contributed by atoms with Gasteiger partial charge in [-0.2, -0.15) is 0 Å². The maximum Gasteiger partial charge on any atom is 0.250 e. The maximum absolute atomic E-state index is 13.4. The second-order valence-corrected chi connectivity index (χ2v) is 9.69. The van der Waals surface area contributed by atoms with E-state index in [9.17, 15) is 14.4 Å². The van der Waals surface area contributed by atoms with Crippen molar-refractivity contribution in [2.24, 2.45) is 5.92 Å². The molecular formula is C26H29N3O3. The molecule has 3 fully saturated rings. The Kier molecular flexibility index (Phi) is 4.84. The minimum Gasteiger partial charge on any atom is -0.333 e. The summed E-state index contributed by atoms with van der Waals surface area (Å²) in [5.74, 6) is -0.417. The Labute approximate surface area is 188 Å². The molecule has 0 aromatic heterocycles. The summed E-state index contributed by atoms with van der Waals surface area (Å²) in [6, 6.07) is 19.8. The minimum absolute atomic E-state index is 0.0264. The van der Waals surface area contributed by atoms with Crippen molar-refractivity contribution in [3.63, 3.8) is 0 Å². The Balaban J connectivity index is 1.37. The fraction of sp³-hybridized carbons (Fsp3) is 0.423. The molecule has 5 rings (SSSR count). The van der Waals surface area contributed by atoms with Gasteiger partial charge in [-0.3, -0.25) is 14.4 Å². The molecule has 3 aliphatic rings. The highest BCUT2D eigenvalue weighted by atomic mass is 16.2. The SMILES string of the molecule is CC(C)C(=O)N1C2(CCC13CN(Cc1ccccc1)C3=O)CN(Cc1ccccc1)C2=O. The summed E-state index contributed by atoms with van der Waals surface area (Å²) in [5, 5.41) is 0. The highest BCUT2D eigenvalue weighted by molar-refractivity contribution is 6.04. The zero-order valence-corrected chi connectivity index (χ0v) is 18.7. The fourth-order valence-corrected chi connectivity index (χ4v) is 5.61. The predicted molar refractivity (Wildman–Crippen MR) is 120 cm³/mol. The van der Waals surface area contributed by atoms with Crippen LogP contribution in [0.4, 0.5) is 0 Å². The number of likely N-dealkylation sites (tertiary alicyclic amines) is 3. The molecule has 2 aromatic rings. The van der Waals surface area contributed by atoms with E-state index >= 15 is 0 Å². The Morgan fingerprint density at radius 2 is 1.19 bits per heavy atom. The van der Waals surface area contributed by atoms with Crippen LogP contribution in [0.15, 0.2) is 60.7 Å². The molecule has 0 bridgehead atoms. The van der Waals surface area contributed by atoms with Crippen LogP contribution < -0.4 is 0 Å². The number of carbonyl (C=O) groups excluding carboxylic acids is 3. The van der Waals surface area contributed by atoms with E-state index < -0.39 is 11.1 Å². The van der Waals surface area contributed by atoms with Gasteiger partial charge in [-0.05, 0) is 24.0 Å². The van der Waals surface area contributed by atoms with Gasteiger partial charge < -0.3 is 14.7 Å². The lowest BCUT2D eigenvalue weighted by Crippen LogP contribution is -2.81. The molecule has 3 heterocycles. The smallest absolute Gasteiger partial charge is 0.250 e. The first-order valence-electron chi connectivity index (χ1n) is 11.4. The predicted octanol–water partition coefficient (Wildman–Crippen LogP) is 2.83. The van der Waals surface area contributed by atoms with E-state index in [1.807, 2.05) is 74.5 Å². The van der Waals surface area contributed by atoms with Gasteiger partial charge in [0.05, 0.1) is 13.1 Å². The van der Waals surface area contributed by atoms with Crippen LogP contribution in [0, 0.1) is 5.92 Å². The molecule has 6 nitrogen and oxygen atoms in total. The molecule has 2 unspecified atom stereocenters. The zero-order chi connectivity index (χ0) is 22.5. The summed E-state index contributed by atoms with van der Waals surface area (Å²) in [5.41, 5.74) is 0.396. The number of benzene rings is 2. The average Bonchev–Trinajstić information content (AvgIpc) is 3.18. The third-order valence-electron chi connectivity index (χ3n) is 7.23. The van der Waals surface area contributed by atoms with Gasteiger partial charge in [-0.1, -0.05) is 74.5 Å². The first-order chi connectivity index (χ1) is 15.4. The third kappa shape index (κ3) is 2.96. The molecule has 0 aliphatic carbocycles. The number of rotatable bonds is 5. The molecule has 3 aliphatic heterocycles. The summed E-state index contributed by atoms with van der Waals surface area (Å²) in [6.45, 7) is 5.74. The monoisotopic (exact) mass is 431 g/mol. The molecule has 32 heavy (non-hydrogen) atoms. The second-order valence-electron chi connectivity index (χ2n) is 9.69. The van der Waals surface area contributed by atoms with Crippen molar-refractivity contribution in [3.8, 4) is 0 Å². The Morgan fingerprint density at radius 3 is 1.53 bits per heavy atom. The van der Waals surface area contributed by atoms with Crippen LogP contribution >= 0.6 is 0 Å². The van der Waals surface area contributed by atoms with Gasteiger partial charge in [0, 0.05) is 19.0 Å². The molecule has 0 saturated carbocycles.